The van der Waals surface area contributed by atoms with Crippen LogP contribution in [0.5, 0.6) is 0 Å². The van der Waals surface area contributed by atoms with Gasteiger partial charge < -0.3 is 0 Å². The van der Waals surface area contributed by atoms with E-state index < -0.39 is 10.0 Å². The van der Waals surface area contributed by atoms with E-state index in [1.54, 1.807) is 25.1 Å². The number of hydrogen-bond donors (Lipinski definition) is 1. The molecule has 3 aromatic carbocycles. The summed E-state index contributed by atoms with van der Waals surface area (Å²) in [5.74, 6) is 0.0359. The third-order valence-electron chi connectivity index (χ3n) is 5.39. The zero-order valence-corrected chi connectivity index (χ0v) is 19.4. The lowest BCUT2D eigenvalue weighted by atomic mass is 10.0. The molecule has 0 radical (unpaired) electrons. The van der Waals surface area contributed by atoms with Gasteiger partial charge in [-0.3, -0.25) is 4.99 Å². The number of hydrogen-bond acceptors (Lipinski definition) is 6. The van der Waals surface area contributed by atoms with Crippen LogP contribution in [-0.2, 0) is 10.0 Å². The van der Waals surface area contributed by atoms with Gasteiger partial charge in [-0.05, 0) is 61.9 Å². The molecule has 0 bridgehead atoms. The van der Waals surface area contributed by atoms with E-state index >= 15 is 0 Å². The van der Waals surface area contributed by atoms with Crippen molar-refractivity contribution in [1.29, 1.82) is 0 Å². The predicted octanol–water partition coefficient (Wildman–Crippen LogP) is 5.35. The van der Waals surface area contributed by atoms with Crippen molar-refractivity contribution in [2.75, 3.05) is 4.72 Å². The van der Waals surface area contributed by atoms with Crippen LogP contribution in [0.15, 0.2) is 88.9 Å². The number of benzene rings is 3. The van der Waals surface area contributed by atoms with Crippen LogP contribution in [0.2, 0.25) is 0 Å². The van der Waals surface area contributed by atoms with Crippen LogP contribution in [0.4, 0.5) is 11.6 Å². The van der Waals surface area contributed by atoms with E-state index in [2.05, 4.69) is 37.9 Å². The number of aryl methyl sites for hydroxylation is 2. The minimum absolute atomic E-state index is 0.0359. The first-order chi connectivity index (χ1) is 16.4. The van der Waals surface area contributed by atoms with E-state index in [1.165, 1.54) is 18.3 Å². The maximum absolute atomic E-state index is 12.7. The summed E-state index contributed by atoms with van der Waals surface area (Å²) in [4.78, 5) is 17.6. The lowest BCUT2D eigenvalue weighted by Gasteiger charge is -2.08. The first-order valence-corrected chi connectivity index (χ1v) is 12.1. The lowest BCUT2D eigenvalue weighted by Crippen LogP contribution is -2.15. The molecule has 2 heterocycles. The van der Waals surface area contributed by atoms with Crippen LogP contribution in [0, 0.1) is 13.8 Å². The molecule has 34 heavy (non-hydrogen) atoms. The second-order valence-electron chi connectivity index (χ2n) is 7.94. The number of para-hydroxylation sites is 1. The number of sulfonamides is 1. The number of aromatic nitrogens is 3. The second-order valence-corrected chi connectivity index (χ2v) is 9.62. The third-order valence-corrected chi connectivity index (χ3v) is 6.73. The Morgan fingerprint density at radius 1 is 0.853 bits per heavy atom. The first kappa shape index (κ1) is 21.7. The largest absolute Gasteiger partial charge is 0.264 e. The first-order valence-electron chi connectivity index (χ1n) is 10.6. The molecule has 168 valence electrons. The van der Waals surface area contributed by atoms with Gasteiger partial charge in [0.15, 0.2) is 0 Å². The lowest BCUT2D eigenvalue weighted by molar-refractivity contribution is 0.601. The molecular formula is C26H21N5O2S. The van der Waals surface area contributed by atoms with E-state index in [9.17, 15) is 8.42 Å². The molecule has 0 amide bonds. The van der Waals surface area contributed by atoms with Gasteiger partial charge in [0.05, 0.1) is 21.6 Å². The molecule has 0 saturated carbocycles. The molecule has 0 aliphatic carbocycles. The fourth-order valence-corrected chi connectivity index (χ4v) is 4.65. The molecule has 0 unspecified atom stereocenters. The van der Waals surface area contributed by atoms with Crippen LogP contribution in [0.3, 0.4) is 0 Å². The van der Waals surface area contributed by atoms with Gasteiger partial charge in [-0.25, -0.2) is 28.1 Å². The molecule has 0 fully saturated rings. The van der Waals surface area contributed by atoms with E-state index in [4.69, 9.17) is 4.98 Å². The Hall–Kier alpha value is -4.17. The highest BCUT2D eigenvalue weighted by atomic mass is 32.2. The topological polar surface area (TPSA) is 97.2 Å². The van der Waals surface area contributed by atoms with Crippen LogP contribution in [0.1, 0.15) is 16.8 Å². The normalized spacial score (nSPS) is 11.9. The fourth-order valence-electron chi connectivity index (χ4n) is 3.70. The van der Waals surface area contributed by atoms with Crippen LogP contribution >= 0.6 is 0 Å². The van der Waals surface area contributed by atoms with Gasteiger partial charge in [-0.15, -0.1) is 0 Å². The number of rotatable bonds is 5. The van der Waals surface area contributed by atoms with Crippen molar-refractivity contribution in [2.24, 2.45) is 4.99 Å². The Morgan fingerprint density at radius 2 is 1.62 bits per heavy atom. The highest BCUT2D eigenvalue weighted by molar-refractivity contribution is 7.92. The average molecular weight is 468 g/mol. The zero-order chi connectivity index (χ0) is 23.7. The Kier molecular flexibility index (Phi) is 5.51. The minimum Gasteiger partial charge on any atom is -0.256 e. The Balaban J connectivity index is 1.47. The Labute approximate surface area is 197 Å². The summed E-state index contributed by atoms with van der Waals surface area (Å²) in [7, 11) is -3.81. The average Bonchev–Trinajstić information content (AvgIpc) is 2.81. The van der Waals surface area contributed by atoms with Crippen molar-refractivity contribution in [3.8, 4) is 0 Å². The zero-order valence-electron chi connectivity index (χ0n) is 18.6. The van der Waals surface area contributed by atoms with E-state index in [1.807, 2.05) is 37.4 Å². The van der Waals surface area contributed by atoms with Gasteiger partial charge in [0, 0.05) is 34.4 Å². The standard InChI is InChI=1S/C26H21N5O2S/c1-17-7-12-22-23(21-5-3-4-6-24(21)30-25(22)15-17)16-28-19-8-10-20(11-9-19)34(32,33)31-26-27-14-13-18(2)29-26/h3-16H,1-2H3,(H,27,29,31)/b28-16-. The summed E-state index contributed by atoms with van der Waals surface area (Å²) in [6.07, 6.45) is 3.32. The van der Waals surface area contributed by atoms with Crippen molar-refractivity contribution in [2.45, 2.75) is 18.7 Å². The molecule has 0 aliphatic rings. The molecule has 8 heteroatoms. The van der Waals surface area contributed by atoms with Gasteiger partial charge >= 0.3 is 0 Å². The number of pyridine rings is 1. The highest BCUT2D eigenvalue weighted by Gasteiger charge is 2.15. The number of fused-ring (bicyclic) bond motifs is 2. The number of aliphatic imine (C=N–C) groups is 1. The summed E-state index contributed by atoms with van der Waals surface area (Å²) < 4.78 is 27.8. The Morgan fingerprint density at radius 3 is 2.41 bits per heavy atom. The maximum atomic E-state index is 12.7. The van der Waals surface area contributed by atoms with E-state index in [-0.39, 0.29) is 10.8 Å². The summed E-state index contributed by atoms with van der Waals surface area (Å²) in [5.41, 5.74) is 5.21. The molecular weight excluding hydrogens is 446 g/mol. The maximum Gasteiger partial charge on any atom is 0.264 e. The highest BCUT2D eigenvalue weighted by Crippen LogP contribution is 2.26. The smallest absolute Gasteiger partial charge is 0.256 e. The number of anilines is 1. The van der Waals surface area contributed by atoms with Crippen molar-refractivity contribution in [3.05, 3.63) is 95.8 Å². The van der Waals surface area contributed by atoms with Gasteiger partial charge in [0.1, 0.15) is 0 Å². The third kappa shape index (κ3) is 4.35. The summed E-state index contributed by atoms with van der Waals surface area (Å²) in [6.45, 7) is 3.81. The van der Waals surface area contributed by atoms with Gasteiger partial charge in [0.25, 0.3) is 10.0 Å². The van der Waals surface area contributed by atoms with Crippen molar-refractivity contribution >= 4 is 49.7 Å². The molecule has 0 saturated heterocycles. The van der Waals surface area contributed by atoms with Crippen molar-refractivity contribution < 1.29 is 8.42 Å². The molecule has 1 N–H and O–H groups in total. The van der Waals surface area contributed by atoms with E-state index in [0.29, 0.717) is 11.4 Å². The molecule has 5 rings (SSSR count). The molecule has 0 aliphatic heterocycles. The van der Waals surface area contributed by atoms with Crippen molar-refractivity contribution in [3.63, 3.8) is 0 Å². The van der Waals surface area contributed by atoms with Crippen LogP contribution in [-0.4, -0.2) is 29.6 Å². The molecule has 0 atom stereocenters. The fraction of sp³-hybridized carbons (Fsp3) is 0.0769. The van der Waals surface area contributed by atoms with Crippen LogP contribution in [0.25, 0.3) is 21.8 Å². The van der Waals surface area contributed by atoms with Gasteiger partial charge in [0.2, 0.25) is 5.95 Å². The SMILES string of the molecule is Cc1ccc2c(/C=N\c3ccc(S(=O)(=O)Nc4nccc(C)n4)cc3)c3ccccc3nc2c1. The number of nitrogens with one attached hydrogen (secondary N) is 1. The summed E-state index contributed by atoms with van der Waals surface area (Å²) in [6, 6.07) is 22.2. The predicted molar refractivity (Wildman–Crippen MR) is 135 cm³/mol. The Bertz CT molecular complexity index is 1660. The molecule has 7 nitrogen and oxygen atoms in total. The summed E-state index contributed by atoms with van der Waals surface area (Å²) >= 11 is 0. The van der Waals surface area contributed by atoms with Crippen molar-refractivity contribution in [1.82, 2.24) is 15.0 Å². The quantitative estimate of drug-likeness (QED) is 0.278. The second kappa shape index (κ2) is 8.64. The monoisotopic (exact) mass is 467 g/mol. The molecule has 0 spiro atoms. The van der Waals surface area contributed by atoms with Gasteiger partial charge in [-0.1, -0.05) is 30.3 Å². The summed E-state index contributed by atoms with van der Waals surface area (Å²) in [5, 5.41) is 2.01. The number of nitrogens with zero attached hydrogens (tertiary/aromatic N) is 4. The minimum atomic E-state index is -3.81. The van der Waals surface area contributed by atoms with Crippen LogP contribution < -0.4 is 4.72 Å². The molecule has 5 aromatic rings. The van der Waals surface area contributed by atoms with E-state index in [0.717, 1.165) is 32.9 Å². The van der Waals surface area contributed by atoms with Gasteiger partial charge in [-0.2, -0.15) is 0 Å². The molecule has 2 aromatic heterocycles.